The van der Waals surface area contributed by atoms with Crippen LogP contribution in [0.5, 0.6) is 5.75 Å². The molecule has 0 fully saturated rings. The normalized spacial score (nSPS) is 15.2. The Morgan fingerprint density at radius 3 is 2.75 bits per heavy atom. The lowest BCUT2D eigenvalue weighted by Gasteiger charge is -2.21. The molecule has 1 aromatic carbocycles. The minimum atomic E-state index is -0.331. The second kappa shape index (κ2) is 6.55. The highest BCUT2D eigenvalue weighted by atomic mass is 19.1. The van der Waals surface area contributed by atoms with Gasteiger partial charge in [-0.2, -0.15) is 0 Å². The molecule has 0 aromatic heterocycles. The van der Waals surface area contributed by atoms with Crippen molar-refractivity contribution in [2.24, 2.45) is 0 Å². The molecule has 0 radical (unpaired) electrons. The molecule has 0 unspecified atom stereocenters. The summed E-state index contributed by atoms with van der Waals surface area (Å²) in [4.78, 5) is 12.1. The minimum absolute atomic E-state index is 0.298. The lowest BCUT2D eigenvalue weighted by atomic mass is 9.87. The number of carbonyl (C=O) groups excluding carboxylic acids is 1. The summed E-state index contributed by atoms with van der Waals surface area (Å²) in [6.45, 7) is 2.12. The number of hydrogen-bond acceptors (Lipinski definition) is 3. The number of methoxy groups -OCH3 is 1. The average molecular weight is 278 g/mol. The summed E-state index contributed by atoms with van der Waals surface area (Å²) < 4.78 is 23.9. The largest absolute Gasteiger partial charge is 0.496 e. The van der Waals surface area contributed by atoms with Crippen LogP contribution in [0.4, 0.5) is 4.39 Å². The first-order valence-electron chi connectivity index (χ1n) is 6.90. The maximum Gasteiger partial charge on any atom is 0.334 e. The molecule has 0 saturated carbocycles. The van der Waals surface area contributed by atoms with Crippen molar-refractivity contribution in [3.63, 3.8) is 0 Å². The smallest absolute Gasteiger partial charge is 0.334 e. The van der Waals surface area contributed by atoms with E-state index in [1.54, 1.807) is 20.1 Å². The Morgan fingerprint density at radius 1 is 1.30 bits per heavy atom. The van der Waals surface area contributed by atoms with E-state index in [4.69, 9.17) is 9.47 Å². The second-order valence-corrected chi connectivity index (χ2v) is 4.73. The van der Waals surface area contributed by atoms with Gasteiger partial charge in [-0.3, -0.25) is 0 Å². The number of benzene rings is 1. The summed E-state index contributed by atoms with van der Waals surface area (Å²) >= 11 is 0. The summed E-state index contributed by atoms with van der Waals surface area (Å²) in [5.41, 5.74) is 2.17. The number of carbonyl (C=O) groups is 1. The van der Waals surface area contributed by atoms with E-state index in [1.165, 1.54) is 12.1 Å². The molecular weight excluding hydrogens is 259 g/mol. The summed E-state index contributed by atoms with van der Waals surface area (Å²) in [5, 5.41) is 0. The number of allylic oxidation sites excluding steroid dienone is 1. The maximum absolute atomic E-state index is 13.5. The highest BCUT2D eigenvalue weighted by Crippen LogP contribution is 2.37. The van der Waals surface area contributed by atoms with Crippen LogP contribution in [-0.4, -0.2) is 19.7 Å². The fraction of sp³-hybridized carbons (Fsp3) is 0.438. The first-order valence-corrected chi connectivity index (χ1v) is 6.90. The zero-order chi connectivity index (χ0) is 14.5. The highest BCUT2D eigenvalue weighted by molar-refractivity contribution is 5.98. The molecule has 0 N–H and O–H groups in total. The van der Waals surface area contributed by atoms with E-state index in [2.05, 4.69) is 0 Å². The van der Waals surface area contributed by atoms with Gasteiger partial charge in [-0.1, -0.05) is 0 Å². The third-order valence-electron chi connectivity index (χ3n) is 3.48. The van der Waals surface area contributed by atoms with Gasteiger partial charge in [0.05, 0.1) is 13.7 Å². The molecule has 3 nitrogen and oxygen atoms in total. The van der Waals surface area contributed by atoms with Gasteiger partial charge < -0.3 is 9.47 Å². The van der Waals surface area contributed by atoms with Crippen molar-refractivity contribution in [3.8, 4) is 5.75 Å². The quantitative estimate of drug-likeness (QED) is 0.787. The topological polar surface area (TPSA) is 35.5 Å². The molecule has 1 aromatic rings. The van der Waals surface area contributed by atoms with Gasteiger partial charge in [0.2, 0.25) is 0 Å². The fourth-order valence-corrected chi connectivity index (χ4v) is 2.56. The molecular formula is C16H19FO3. The Balaban J connectivity index is 2.50. The van der Waals surface area contributed by atoms with Crippen LogP contribution in [0.2, 0.25) is 0 Å². The van der Waals surface area contributed by atoms with Crippen LogP contribution in [0.25, 0.3) is 5.57 Å². The van der Waals surface area contributed by atoms with Gasteiger partial charge in [0.1, 0.15) is 11.6 Å². The molecule has 0 saturated heterocycles. The Kier molecular flexibility index (Phi) is 4.77. The van der Waals surface area contributed by atoms with Gasteiger partial charge in [-0.25, -0.2) is 9.18 Å². The van der Waals surface area contributed by atoms with E-state index in [1.807, 2.05) is 0 Å². The first-order chi connectivity index (χ1) is 9.67. The Morgan fingerprint density at radius 2 is 2.05 bits per heavy atom. The zero-order valence-electron chi connectivity index (χ0n) is 11.9. The lowest BCUT2D eigenvalue weighted by Crippen LogP contribution is -2.13. The van der Waals surface area contributed by atoms with Gasteiger partial charge in [-0.05, 0) is 56.4 Å². The van der Waals surface area contributed by atoms with Gasteiger partial charge >= 0.3 is 5.97 Å². The summed E-state index contributed by atoms with van der Waals surface area (Å²) in [7, 11) is 1.55. The summed E-state index contributed by atoms with van der Waals surface area (Å²) in [6.07, 6.45) is 3.36. The zero-order valence-corrected chi connectivity index (χ0v) is 11.9. The van der Waals surface area contributed by atoms with Crippen LogP contribution >= 0.6 is 0 Å². The van der Waals surface area contributed by atoms with Crippen molar-refractivity contribution >= 4 is 11.5 Å². The minimum Gasteiger partial charge on any atom is -0.496 e. The fourth-order valence-electron chi connectivity index (χ4n) is 2.56. The van der Waals surface area contributed by atoms with Crippen LogP contribution in [0.1, 0.15) is 38.2 Å². The second-order valence-electron chi connectivity index (χ2n) is 4.73. The van der Waals surface area contributed by atoms with Gasteiger partial charge in [0, 0.05) is 11.1 Å². The van der Waals surface area contributed by atoms with Crippen molar-refractivity contribution in [2.45, 2.75) is 32.6 Å². The monoisotopic (exact) mass is 278 g/mol. The Bertz CT molecular complexity index is 535. The molecule has 0 spiro atoms. The third-order valence-corrected chi connectivity index (χ3v) is 3.48. The van der Waals surface area contributed by atoms with Crippen molar-refractivity contribution in [1.82, 2.24) is 0 Å². The number of hydrogen-bond donors (Lipinski definition) is 0. The molecule has 0 amide bonds. The molecule has 2 rings (SSSR count). The van der Waals surface area contributed by atoms with E-state index in [0.717, 1.165) is 24.8 Å². The molecule has 108 valence electrons. The summed E-state index contributed by atoms with van der Waals surface area (Å²) in [5.74, 6) is -0.0410. The Hall–Kier alpha value is -1.84. The average Bonchev–Trinajstić information content (AvgIpc) is 2.47. The van der Waals surface area contributed by atoms with E-state index in [9.17, 15) is 9.18 Å². The van der Waals surface area contributed by atoms with Crippen molar-refractivity contribution in [2.75, 3.05) is 13.7 Å². The van der Waals surface area contributed by atoms with E-state index in [0.29, 0.717) is 29.9 Å². The van der Waals surface area contributed by atoms with Crippen molar-refractivity contribution in [3.05, 3.63) is 35.2 Å². The van der Waals surface area contributed by atoms with Crippen LogP contribution < -0.4 is 4.74 Å². The molecule has 0 heterocycles. The molecule has 4 heteroatoms. The molecule has 0 bridgehead atoms. The van der Waals surface area contributed by atoms with Crippen LogP contribution in [0, 0.1) is 5.82 Å². The third kappa shape index (κ3) is 3.00. The number of rotatable bonds is 4. The summed E-state index contributed by atoms with van der Waals surface area (Å²) in [6, 6.07) is 4.38. The van der Waals surface area contributed by atoms with Crippen LogP contribution in [0.15, 0.2) is 23.8 Å². The van der Waals surface area contributed by atoms with Crippen molar-refractivity contribution in [1.29, 1.82) is 0 Å². The first kappa shape index (κ1) is 14.6. The van der Waals surface area contributed by atoms with E-state index in [-0.39, 0.29) is 11.8 Å². The number of esters is 1. The predicted octanol–water partition coefficient (Wildman–Crippen LogP) is 3.73. The van der Waals surface area contributed by atoms with E-state index < -0.39 is 0 Å². The molecule has 1 aliphatic rings. The molecule has 20 heavy (non-hydrogen) atoms. The predicted molar refractivity (Wildman–Crippen MR) is 75.0 cm³/mol. The van der Waals surface area contributed by atoms with Crippen molar-refractivity contribution < 1.29 is 18.7 Å². The van der Waals surface area contributed by atoms with Crippen LogP contribution in [0.3, 0.4) is 0 Å². The standard InChI is InChI=1S/C16H19FO3/c1-3-20-16(18)13-7-5-4-6-12(13)14-10-11(17)8-9-15(14)19-2/h8-10H,3-7H2,1-2H3. The maximum atomic E-state index is 13.5. The van der Waals surface area contributed by atoms with Gasteiger partial charge in [-0.15, -0.1) is 0 Å². The van der Waals surface area contributed by atoms with Gasteiger partial charge in [0.25, 0.3) is 0 Å². The number of halogens is 1. The molecule has 0 aliphatic heterocycles. The SMILES string of the molecule is CCOC(=O)C1=C(c2cc(F)ccc2OC)CCCC1. The highest BCUT2D eigenvalue weighted by Gasteiger charge is 2.23. The molecule has 0 atom stereocenters. The van der Waals surface area contributed by atoms with Crippen LogP contribution in [-0.2, 0) is 9.53 Å². The number of ether oxygens (including phenoxy) is 2. The molecule has 1 aliphatic carbocycles. The Labute approximate surface area is 118 Å². The lowest BCUT2D eigenvalue weighted by molar-refractivity contribution is -0.138. The van der Waals surface area contributed by atoms with E-state index >= 15 is 0 Å². The van der Waals surface area contributed by atoms with Gasteiger partial charge in [0.15, 0.2) is 0 Å².